The molecule has 2 rings (SSSR count). The normalized spacial score (nSPS) is 10.2. The van der Waals surface area contributed by atoms with Crippen molar-refractivity contribution >= 4 is 23.4 Å². The number of nitrogens with zero attached hydrogens (tertiary/aromatic N) is 3. The van der Waals surface area contributed by atoms with Gasteiger partial charge in [-0.25, -0.2) is 15.0 Å². The molecular weight excluding hydrogens is 212 g/mol. The van der Waals surface area contributed by atoms with E-state index in [1.54, 1.807) is 0 Å². The molecule has 0 bridgehead atoms. The van der Waals surface area contributed by atoms with Crippen molar-refractivity contribution in [3.63, 3.8) is 0 Å². The maximum Gasteiger partial charge on any atom is 0.143 e. The molecule has 0 amide bonds. The van der Waals surface area contributed by atoms with Crippen LogP contribution in [0.5, 0.6) is 0 Å². The highest BCUT2D eigenvalue weighted by Crippen LogP contribution is 2.21. The second kappa shape index (κ2) is 4.74. The van der Waals surface area contributed by atoms with Crippen molar-refractivity contribution in [1.29, 1.82) is 0 Å². The van der Waals surface area contributed by atoms with Crippen LogP contribution in [-0.2, 0) is 6.42 Å². The fourth-order valence-electron chi connectivity index (χ4n) is 1.55. The molecule has 0 spiro atoms. The SMILES string of the molecule is C=NC(=C)Nc1nc(CC)nc2ccccc12. The van der Waals surface area contributed by atoms with E-state index in [9.17, 15) is 0 Å². The molecular formula is C13H14N4. The predicted molar refractivity (Wildman–Crippen MR) is 71.2 cm³/mol. The second-order valence-electron chi connectivity index (χ2n) is 3.59. The van der Waals surface area contributed by atoms with Crippen LogP contribution in [0.15, 0.2) is 41.7 Å². The van der Waals surface area contributed by atoms with E-state index in [4.69, 9.17) is 0 Å². The molecule has 0 aliphatic heterocycles. The van der Waals surface area contributed by atoms with E-state index in [-0.39, 0.29) is 0 Å². The first kappa shape index (κ1) is 11.3. The van der Waals surface area contributed by atoms with E-state index < -0.39 is 0 Å². The van der Waals surface area contributed by atoms with Crippen LogP contribution in [0.1, 0.15) is 12.7 Å². The topological polar surface area (TPSA) is 50.2 Å². The van der Waals surface area contributed by atoms with Gasteiger partial charge < -0.3 is 5.32 Å². The third-order valence-corrected chi connectivity index (χ3v) is 2.42. The van der Waals surface area contributed by atoms with Crippen molar-refractivity contribution in [1.82, 2.24) is 9.97 Å². The summed E-state index contributed by atoms with van der Waals surface area (Å²) in [4.78, 5) is 12.6. The molecule has 0 aliphatic rings. The van der Waals surface area contributed by atoms with Crippen LogP contribution in [0.2, 0.25) is 0 Å². The number of aromatic nitrogens is 2. The van der Waals surface area contributed by atoms with E-state index in [0.717, 1.165) is 29.0 Å². The Morgan fingerprint density at radius 1 is 1.35 bits per heavy atom. The summed E-state index contributed by atoms with van der Waals surface area (Å²) in [6.07, 6.45) is 0.785. The van der Waals surface area contributed by atoms with E-state index in [2.05, 4.69) is 33.6 Å². The number of aliphatic imine (C=N–C) groups is 1. The molecule has 0 saturated heterocycles. The molecule has 17 heavy (non-hydrogen) atoms. The van der Waals surface area contributed by atoms with Gasteiger partial charge in [-0.3, -0.25) is 0 Å². The van der Waals surface area contributed by atoms with Gasteiger partial charge in [-0.1, -0.05) is 25.6 Å². The molecule has 1 N–H and O–H groups in total. The molecule has 1 heterocycles. The van der Waals surface area contributed by atoms with Crippen LogP contribution >= 0.6 is 0 Å². The van der Waals surface area contributed by atoms with Crippen molar-refractivity contribution in [3.05, 3.63) is 42.5 Å². The number of para-hydroxylation sites is 1. The van der Waals surface area contributed by atoms with Gasteiger partial charge in [-0.15, -0.1) is 0 Å². The summed E-state index contributed by atoms with van der Waals surface area (Å²) in [7, 11) is 0. The molecule has 0 unspecified atom stereocenters. The summed E-state index contributed by atoms with van der Waals surface area (Å²) in [5, 5.41) is 3.99. The highest BCUT2D eigenvalue weighted by Gasteiger charge is 2.06. The summed E-state index contributed by atoms with van der Waals surface area (Å²) in [6, 6.07) is 7.84. The molecule has 0 atom stereocenters. The minimum atomic E-state index is 0.482. The van der Waals surface area contributed by atoms with Gasteiger partial charge in [0, 0.05) is 11.8 Å². The van der Waals surface area contributed by atoms with Crippen LogP contribution in [0.3, 0.4) is 0 Å². The maximum absolute atomic E-state index is 4.46. The molecule has 0 radical (unpaired) electrons. The zero-order valence-electron chi connectivity index (χ0n) is 9.77. The van der Waals surface area contributed by atoms with Crippen molar-refractivity contribution < 1.29 is 0 Å². The summed E-state index contributed by atoms with van der Waals surface area (Å²) >= 11 is 0. The Kier molecular flexibility index (Phi) is 3.14. The number of aryl methyl sites for hydroxylation is 1. The lowest BCUT2D eigenvalue weighted by Gasteiger charge is -2.09. The third-order valence-electron chi connectivity index (χ3n) is 2.42. The summed E-state index contributed by atoms with van der Waals surface area (Å²) in [5.41, 5.74) is 0.915. The molecule has 86 valence electrons. The van der Waals surface area contributed by atoms with Crippen molar-refractivity contribution in [2.24, 2.45) is 4.99 Å². The van der Waals surface area contributed by atoms with Crippen molar-refractivity contribution in [2.45, 2.75) is 13.3 Å². The Bertz CT molecular complexity index is 575. The molecule has 1 aromatic heterocycles. The van der Waals surface area contributed by atoms with Crippen LogP contribution in [-0.4, -0.2) is 16.7 Å². The highest BCUT2D eigenvalue weighted by atomic mass is 15.1. The summed E-state index contributed by atoms with van der Waals surface area (Å²) in [6.45, 7) is 9.18. The van der Waals surface area contributed by atoms with Gasteiger partial charge in [0.25, 0.3) is 0 Å². The van der Waals surface area contributed by atoms with Crippen LogP contribution in [0, 0.1) is 0 Å². The van der Waals surface area contributed by atoms with Gasteiger partial charge in [-0.05, 0) is 18.9 Å². The summed E-state index contributed by atoms with van der Waals surface area (Å²) < 4.78 is 0. The van der Waals surface area contributed by atoms with Crippen LogP contribution in [0.25, 0.3) is 10.9 Å². The number of anilines is 1. The fourth-order valence-corrected chi connectivity index (χ4v) is 1.55. The Morgan fingerprint density at radius 3 is 2.82 bits per heavy atom. The minimum Gasteiger partial charge on any atom is -0.325 e. The van der Waals surface area contributed by atoms with Crippen molar-refractivity contribution in [2.75, 3.05) is 5.32 Å². The predicted octanol–water partition coefficient (Wildman–Crippen LogP) is 2.78. The number of rotatable bonds is 4. The highest BCUT2D eigenvalue weighted by molar-refractivity contribution is 5.89. The zero-order chi connectivity index (χ0) is 12.3. The first-order valence-corrected chi connectivity index (χ1v) is 5.43. The Labute approximate surface area is 100 Å². The number of nitrogens with one attached hydrogen (secondary N) is 1. The van der Waals surface area contributed by atoms with E-state index >= 15 is 0 Å². The summed E-state index contributed by atoms with van der Waals surface area (Å²) in [5.74, 6) is 2.00. The van der Waals surface area contributed by atoms with Gasteiger partial charge >= 0.3 is 0 Å². The molecule has 0 saturated carbocycles. The monoisotopic (exact) mass is 226 g/mol. The first-order valence-electron chi connectivity index (χ1n) is 5.43. The number of hydrogen-bond acceptors (Lipinski definition) is 4. The minimum absolute atomic E-state index is 0.482. The maximum atomic E-state index is 4.46. The molecule has 1 aromatic carbocycles. The Balaban J connectivity index is 2.58. The first-order chi connectivity index (χ1) is 8.24. The molecule has 4 nitrogen and oxygen atoms in total. The smallest absolute Gasteiger partial charge is 0.143 e. The van der Waals surface area contributed by atoms with E-state index in [1.807, 2.05) is 31.2 Å². The quantitative estimate of drug-likeness (QED) is 0.815. The van der Waals surface area contributed by atoms with Gasteiger partial charge in [0.15, 0.2) is 0 Å². The van der Waals surface area contributed by atoms with E-state index in [0.29, 0.717) is 5.82 Å². The van der Waals surface area contributed by atoms with Gasteiger partial charge in [0.05, 0.1) is 5.52 Å². The van der Waals surface area contributed by atoms with Crippen LogP contribution in [0.4, 0.5) is 5.82 Å². The Morgan fingerprint density at radius 2 is 2.12 bits per heavy atom. The number of hydrogen-bond donors (Lipinski definition) is 1. The van der Waals surface area contributed by atoms with Gasteiger partial charge in [0.2, 0.25) is 0 Å². The lowest BCUT2D eigenvalue weighted by atomic mass is 10.2. The fraction of sp³-hybridized carbons (Fsp3) is 0.154. The average molecular weight is 226 g/mol. The molecule has 0 fully saturated rings. The molecule has 4 heteroatoms. The van der Waals surface area contributed by atoms with E-state index in [1.165, 1.54) is 0 Å². The standard InChI is InChI=1S/C13H14N4/c1-4-12-16-11-8-6-5-7-10(11)13(17-12)15-9(2)14-3/h5-8H,2-4H2,1H3,(H,15,16,17). The lowest BCUT2D eigenvalue weighted by molar-refractivity contribution is 0.961. The number of benzene rings is 1. The van der Waals surface area contributed by atoms with Gasteiger partial charge in [-0.2, -0.15) is 0 Å². The number of fused-ring (bicyclic) bond motifs is 1. The van der Waals surface area contributed by atoms with Crippen LogP contribution < -0.4 is 5.32 Å². The molecule has 2 aromatic rings. The second-order valence-corrected chi connectivity index (χ2v) is 3.59. The lowest BCUT2D eigenvalue weighted by Crippen LogP contribution is -2.03. The zero-order valence-corrected chi connectivity index (χ0v) is 9.77. The van der Waals surface area contributed by atoms with Gasteiger partial charge in [0.1, 0.15) is 17.5 Å². The van der Waals surface area contributed by atoms with Crippen molar-refractivity contribution in [3.8, 4) is 0 Å². The average Bonchev–Trinajstić information content (AvgIpc) is 2.38. The largest absolute Gasteiger partial charge is 0.325 e. The molecule has 0 aliphatic carbocycles. The third kappa shape index (κ3) is 2.30. The Hall–Kier alpha value is -2.23.